The van der Waals surface area contributed by atoms with E-state index in [9.17, 15) is 4.79 Å². The van der Waals surface area contributed by atoms with Crippen LogP contribution in [-0.2, 0) is 17.6 Å². The van der Waals surface area contributed by atoms with Gasteiger partial charge in [-0.05, 0) is 30.7 Å². The zero-order valence-electron chi connectivity index (χ0n) is 9.76. The fraction of sp³-hybridized carbons (Fsp3) is 0.385. The molecule has 0 saturated carbocycles. The van der Waals surface area contributed by atoms with Crippen molar-refractivity contribution in [2.24, 2.45) is 0 Å². The molecule has 18 heavy (non-hydrogen) atoms. The van der Waals surface area contributed by atoms with E-state index < -0.39 is 5.97 Å². The van der Waals surface area contributed by atoms with Gasteiger partial charge < -0.3 is 5.11 Å². The zero-order chi connectivity index (χ0) is 12.5. The van der Waals surface area contributed by atoms with Gasteiger partial charge in [-0.2, -0.15) is 0 Å². The third-order valence-corrected chi connectivity index (χ3v) is 5.43. The fourth-order valence-electron chi connectivity index (χ4n) is 2.33. The lowest BCUT2D eigenvalue weighted by Crippen LogP contribution is -2.06. The lowest BCUT2D eigenvalue weighted by atomic mass is 10.0. The summed E-state index contributed by atoms with van der Waals surface area (Å²) >= 11 is 3.31. The summed E-state index contributed by atoms with van der Waals surface area (Å²) < 4.78 is 0. The van der Waals surface area contributed by atoms with Crippen molar-refractivity contribution in [2.75, 3.05) is 0 Å². The highest BCUT2D eigenvalue weighted by Crippen LogP contribution is 2.37. The smallest absolute Gasteiger partial charge is 0.304 e. The third-order valence-electron chi connectivity index (χ3n) is 3.18. The van der Waals surface area contributed by atoms with Crippen molar-refractivity contribution in [1.29, 1.82) is 0 Å². The number of hydrogen-bond acceptors (Lipinski definition) is 4. The van der Waals surface area contributed by atoms with Crippen LogP contribution in [0.15, 0.2) is 17.5 Å². The Morgan fingerprint density at radius 2 is 2.39 bits per heavy atom. The summed E-state index contributed by atoms with van der Waals surface area (Å²) in [6, 6.07) is 3.97. The number of aliphatic carboxylic acids is 1. The highest BCUT2D eigenvalue weighted by atomic mass is 32.1. The summed E-state index contributed by atoms with van der Waals surface area (Å²) in [4.78, 5) is 18.2. The second-order valence-electron chi connectivity index (χ2n) is 4.44. The van der Waals surface area contributed by atoms with E-state index in [2.05, 4.69) is 4.98 Å². The van der Waals surface area contributed by atoms with Gasteiger partial charge in [0.15, 0.2) is 0 Å². The molecular weight excluding hydrogens is 266 g/mol. The predicted molar refractivity (Wildman–Crippen MR) is 72.6 cm³/mol. The van der Waals surface area contributed by atoms with Crippen LogP contribution < -0.4 is 0 Å². The predicted octanol–water partition coefficient (Wildman–Crippen LogP) is 3.30. The Morgan fingerprint density at radius 3 is 3.06 bits per heavy atom. The number of thiophene rings is 1. The van der Waals surface area contributed by atoms with Gasteiger partial charge in [0.05, 0.1) is 18.0 Å². The first-order valence-corrected chi connectivity index (χ1v) is 7.67. The molecule has 1 N–H and O–H groups in total. The Hall–Kier alpha value is -1.20. The number of carboxylic acids is 1. The average molecular weight is 279 g/mol. The highest BCUT2D eigenvalue weighted by Gasteiger charge is 2.25. The number of aryl methyl sites for hydroxylation is 2. The maximum atomic E-state index is 11.0. The quantitative estimate of drug-likeness (QED) is 0.934. The van der Waals surface area contributed by atoms with Crippen molar-refractivity contribution in [3.05, 3.63) is 38.0 Å². The number of nitrogens with zero attached hydrogens (tertiary/aromatic N) is 1. The standard InChI is InChI=1S/C13H13NO2S2/c15-12(16)7-8(10-5-2-6-17-10)13-14-9-3-1-4-11(9)18-13/h2,5-6,8H,1,3-4,7H2,(H,15,16). The molecule has 2 aromatic heterocycles. The van der Waals surface area contributed by atoms with Gasteiger partial charge in [0.1, 0.15) is 5.01 Å². The maximum Gasteiger partial charge on any atom is 0.304 e. The maximum absolute atomic E-state index is 11.0. The zero-order valence-corrected chi connectivity index (χ0v) is 11.4. The minimum absolute atomic E-state index is 0.0712. The van der Waals surface area contributed by atoms with Crippen LogP contribution in [0.2, 0.25) is 0 Å². The largest absolute Gasteiger partial charge is 0.481 e. The second-order valence-corrected chi connectivity index (χ2v) is 6.54. The molecule has 1 unspecified atom stereocenters. The molecule has 0 spiro atoms. The number of thiazole rings is 1. The molecule has 2 heterocycles. The van der Waals surface area contributed by atoms with Crippen LogP contribution in [0.5, 0.6) is 0 Å². The molecule has 0 amide bonds. The van der Waals surface area contributed by atoms with Gasteiger partial charge in [-0.15, -0.1) is 22.7 Å². The molecule has 3 nitrogen and oxygen atoms in total. The molecule has 1 atom stereocenters. The van der Waals surface area contributed by atoms with Crippen molar-refractivity contribution in [3.63, 3.8) is 0 Å². The minimum atomic E-state index is -0.760. The number of carbonyl (C=O) groups is 1. The molecule has 0 fully saturated rings. The molecule has 5 heteroatoms. The van der Waals surface area contributed by atoms with Gasteiger partial charge in [0.25, 0.3) is 0 Å². The summed E-state index contributed by atoms with van der Waals surface area (Å²) in [6.45, 7) is 0. The van der Waals surface area contributed by atoms with Crippen molar-refractivity contribution >= 4 is 28.6 Å². The molecule has 0 bridgehead atoms. The van der Waals surface area contributed by atoms with Crippen LogP contribution >= 0.6 is 22.7 Å². The van der Waals surface area contributed by atoms with E-state index in [4.69, 9.17) is 5.11 Å². The summed E-state index contributed by atoms with van der Waals surface area (Å²) in [5.41, 5.74) is 1.20. The van der Waals surface area contributed by atoms with E-state index in [0.717, 1.165) is 22.7 Å². The second kappa shape index (κ2) is 4.82. The molecular formula is C13H13NO2S2. The van der Waals surface area contributed by atoms with E-state index in [1.54, 1.807) is 22.7 Å². The molecule has 94 valence electrons. The summed E-state index contributed by atoms with van der Waals surface area (Å²) in [5.74, 6) is -0.832. The lowest BCUT2D eigenvalue weighted by molar-refractivity contribution is -0.137. The Morgan fingerprint density at radius 1 is 1.50 bits per heavy atom. The third kappa shape index (κ3) is 2.20. The van der Waals surface area contributed by atoms with Crippen LogP contribution in [0.25, 0.3) is 0 Å². The molecule has 3 rings (SSSR count). The Balaban J connectivity index is 1.94. The average Bonchev–Trinajstić information content (AvgIpc) is 3.01. The Bertz CT molecular complexity index is 538. The highest BCUT2D eigenvalue weighted by molar-refractivity contribution is 7.12. The Labute approximate surface area is 113 Å². The molecule has 0 aliphatic heterocycles. The molecule has 0 saturated heterocycles. The minimum Gasteiger partial charge on any atom is -0.481 e. The van der Waals surface area contributed by atoms with E-state index >= 15 is 0 Å². The number of aromatic nitrogens is 1. The van der Waals surface area contributed by atoms with Gasteiger partial charge in [-0.1, -0.05) is 6.07 Å². The monoisotopic (exact) mass is 279 g/mol. The summed E-state index contributed by atoms with van der Waals surface area (Å²) in [6.07, 6.45) is 3.48. The topological polar surface area (TPSA) is 50.2 Å². The van der Waals surface area contributed by atoms with Crippen LogP contribution in [0.3, 0.4) is 0 Å². The van der Waals surface area contributed by atoms with Gasteiger partial charge in [0, 0.05) is 9.75 Å². The molecule has 0 radical (unpaired) electrons. The van der Waals surface area contributed by atoms with E-state index in [1.165, 1.54) is 17.0 Å². The van der Waals surface area contributed by atoms with Crippen molar-refractivity contribution in [1.82, 2.24) is 4.98 Å². The van der Waals surface area contributed by atoms with Crippen molar-refractivity contribution < 1.29 is 9.90 Å². The van der Waals surface area contributed by atoms with Crippen LogP contribution in [-0.4, -0.2) is 16.1 Å². The molecule has 0 aromatic carbocycles. The van der Waals surface area contributed by atoms with E-state index in [-0.39, 0.29) is 12.3 Å². The fourth-order valence-corrected chi connectivity index (χ4v) is 4.51. The van der Waals surface area contributed by atoms with E-state index in [1.807, 2.05) is 17.5 Å². The Kier molecular flexibility index (Phi) is 3.18. The molecule has 1 aliphatic carbocycles. The van der Waals surface area contributed by atoms with Gasteiger partial charge in [-0.3, -0.25) is 4.79 Å². The van der Waals surface area contributed by atoms with Gasteiger partial charge in [0.2, 0.25) is 0 Å². The number of fused-ring (bicyclic) bond motifs is 1. The van der Waals surface area contributed by atoms with E-state index in [0.29, 0.717) is 0 Å². The number of rotatable bonds is 4. The van der Waals surface area contributed by atoms with Gasteiger partial charge >= 0.3 is 5.97 Å². The summed E-state index contributed by atoms with van der Waals surface area (Å²) in [5, 5.41) is 12.0. The first kappa shape index (κ1) is 11.9. The first-order chi connectivity index (χ1) is 8.74. The normalized spacial score (nSPS) is 15.6. The van der Waals surface area contributed by atoms with Crippen molar-refractivity contribution in [2.45, 2.75) is 31.6 Å². The first-order valence-electron chi connectivity index (χ1n) is 5.97. The number of hydrogen-bond donors (Lipinski definition) is 1. The van der Waals surface area contributed by atoms with Crippen LogP contribution in [0.1, 0.15) is 39.2 Å². The lowest BCUT2D eigenvalue weighted by Gasteiger charge is -2.09. The van der Waals surface area contributed by atoms with Crippen molar-refractivity contribution in [3.8, 4) is 0 Å². The van der Waals surface area contributed by atoms with Crippen LogP contribution in [0, 0.1) is 0 Å². The molecule has 1 aliphatic rings. The van der Waals surface area contributed by atoms with Crippen LogP contribution in [0.4, 0.5) is 0 Å². The molecule has 2 aromatic rings. The summed E-state index contributed by atoms with van der Waals surface area (Å²) in [7, 11) is 0. The van der Waals surface area contributed by atoms with Gasteiger partial charge in [-0.25, -0.2) is 4.98 Å². The SMILES string of the molecule is O=C(O)CC(c1cccs1)c1nc2c(s1)CCC2. The number of carboxylic acid groups (broad SMARTS) is 1.